The fourth-order valence-corrected chi connectivity index (χ4v) is 5.84. The van der Waals surface area contributed by atoms with E-state index < -0.39 is 5.54 Å². The number of aliphatic hydroxyl groups excluding tert-OH is 1. The van der Waals surface area contributed by atoms with Crippen molar-refractivity contribution in [2.24, 2.45) is 4.99 Å². The van der Waals surface area contributed by atoms with Gasteiger partial charge >= 0.3 is 11.9 Å². The molecule has 4 aliphatic rings. The van der Waals surface area contributed by atoms with E-state index in [1.807, 2.05) is 42.4 Å². The van der Waals surface area contributed by atoms with Crippen molar-refractivity contribution in [1.82, 2.24) is 20.1 Å². The first-order valence-corrected chi connectivity index (χ1v) is 14.3. The van der Waals surface area contributed by atoms with E-state index in [0.29, 0.717) is 50.0 Å². The minimum Gasteiger partial charge on any atom is -0.394 e. The number of morpholine rings is 1. The number of amidine groups is 1. The molecule has 1 aliphatic carbocycles. The number of urea groups is 1. The van der Waals surface area contributed by atoms with Crippen molar-refractivity contribution in [2.75, 3.05) is 55.1 Å². The normalized spacial score (nSPS) is 19.7. The van der Waals surface area contributed by atoms with E-state index in [9.17, 15) is 14.7 Å². The third-order valence-electron chi connectivity index (χ3n) is 8.22. The van der Waals surface area contributed by atoms with Crippen molar-refractivity contribution < 1.29 is 19.4 Å². The van der Waals surface area contributed by atoms with Crippen molar-refractivity contribution in [3.8, 4) is 0 Å². The van der Waals surface area contributed by atoms with Gasteiger partial charge in [0.1, 0.15) is 11.5 Å². The van der Waals surface area contributed by atoms with E-state index in [1.165, 1.54) is 0 Å². The van der Waals surface area contributed by atoms with Gasteiger partial charge in [0.05, 0.1) is 42.8 Å². The monoisotopic (exact) mass is 572 g/mol. The molecule has 3 aliphatic heterocycles. The van der Waals surface area contributed by atoms with Gasteiger partial charge in [0.2, 0.25) is 6.67 Å². The first kappa shape index (κ1) is 27.9. The number of carbonyl (C=O) groups is 2. The van der Waals surface area contributed by atoms with Gasteiger partial charge in [-0.15, -0.1) is 0 Å². The lowest BCUT2D eigenvalue weighted by atomic mass is 9.99. The molecule has 0 spiro atoms. The molecule has 42 heavy (non-hydrogen) atoms. The molecule has 0 atom stereocenters. The van der Waals surface area contributed by atoms with Crippen LogP contribution >= 0.6 is 0 Å². The quantitative estimate of drug-likeness (QED) is 0.374. The summed E-state index contributed by atoms with van der Waals surface area (Å²) >= 11 is 0. The van der Waals surface area contributed by atoms with Gasteiger partial charge in [-0.05, 0) is 49.6 Å². The van der Waals surface area contributed by atoms with Crippen LogP contribution in [-0.2, 0) is 4.74 Å². The highest BCUT2D eigenvalue weighted by atomic mass is 16.5. The van der Waals surface area contributed by atoms with Crippen molar-refractivity contribution in [2.45, 2.75) is 38.1 Å². The summed E-state index contributed by atoms with van der Waals surface area (Å²) < 4.78 is 5.35. The third-order valence-corrected chi connectivity index (χ3v) is 8.22. The van der Waals surface area contributed by atoms with E-state index in [-0.39, 0.29) is 18.5 Å². The SMILES string of the molecule is Cc1c(NC(=O)NC2(CO)CCCC2)cccc1N1C=C(Nc2ccc(C(=O)N3CCOCC3)cn2)C2=NC=C[N+]2C1. The Morgan fingerprint density at radius 2 is 1.95 bits per heavy atom. The van der Waals surface area contributed by atoms with Crippen molar-refractivity contribution in [3.05, 3.63) is 72.0 Å². The molecule has 1 aromatic heterocycles. The average Bonchev–Trinajstić information content (AvgIpc) is 3.69. The van der Waals surface area contributed by atoms with Gasteiger partial charge in [-0.25, -0.2) is 9.78 Å². The zero-order chi connectivity index (χ0) is 29.1. The van der Waals surface area contributed by atoms with Crippen LogP contribution < -0.4 is 25.8 Å². The van der Waals surface area contributed by atoms with Crippen molar-refractivity contribution in [1.29, 1.82) is 0 Å². The number of fused-ring (bicyclic) bond motifs is 1. The Labute approximate surface area is 244 Å². The number of pyridine rings is 1. The summed E-state index contributed by atoms with van der Waals surface area (Å²) in [6.07, 6.45) is 10.8. The van der Waals surface area contributed by atoms with Crippen LogP contribution in [0.3, 0.4) is 0 Å². The summed E-state index contributed by atoms with van der Waals surface area (Å²) in [6.45, 7) is 4.69. The second kappa shape index (κ2) is 11.9. The smallest absolute Gasteiger partial charge is 0.319 e. The highest BCUT2D eigenvalue weighted by Crippen LogP contribution is 2.32. The average molecular weight is 573 g/mol. The summed E-state index contributed by atoms with van der Waals surface area (Å²) in [4.78, 5) is 40.6. The van der Waals surface area contributed by atoms with Crippen LogP contribution in [0.1, 0.15) is 41.6 Å². The van der Waals surface area contributed by atoms with Crippen molar-refractivity contribution >= 4 is 35.0 Å². The second-order valence-corrected chi connectivity index (χ2v) is 11.0. The summed E-state index contributed by atoms with van der Waals surface area (Å²) in [5.41, 5.74) is 3.24. The number of aromatic nitrogens is 1. The Morgan fingerprint density at radius 1 is 1.14 bits per heavy atom. The zero-order valence-electron chi connectivity index (χ0n) is 23.7. The number of amides is 3. The number of rotatable bonds is 7. The molecule has 2 fully saturated rings. The number of nitrogens with zero attached hydrogens (tertiary/aromatic N) is 5. The third kappa shape index (κ3) is 5.73. The lowest BCUT2D eigenvalue weighted by Gasteiger charge is -2.29. The van der Waals surface area contributed by atoms with Crippen LogP contribution in [0.2, 0.25) is 0 Å². The lowest BCUT2D eigenvalue weighted by molar-refractivity contribution is 0.0302. The van der Waals surface area contributed by atoms with Crippen LogP contribution in [0.4, 0.5) is 22.0 Å². The van der Waals surface area contributed by atoms with Crippen LogP contribution in [-0.4, -0.2) is 77.9 Å². The molecule has 0 bridgehead atoms. The fourth-order valence-electron chi connectivity index (χ4n) is 5.84. The fraction of sp³-hybridized carbons (Fsp3) is 0.400. The molecule has 1 saturated heterocycles. The predicted octanol–water partition coefficient (Wildman–Crippen LogP) is 3.04. The predicted molar refractivity (Wildman–Crippen MR) is 160 cm³/mol. The van der Waals surface area contributed by atoms with Gasteiger partial charge in [-0.2, -0.15) is 4.99 Å². The molecule has 12 nitrogen and oxygen atoms in total. The molecule has 0 unspecified atom stereocenters. The number of hydrogen-bond donors (Lipinski definition) is 4. The number of aliphatic hydroxyl groups is 1. The molecule has 1 radical (unpaired) electrons. The number of ether oxygens (including phenoxy) is 1. The number of benzene rings is 1. The molecule has 12 heteroatoms. The first-order chi connectivity index (χ1) is 20.4. The Bertz CT molecular complexity index is 1430. The summed E-state index contributed by atoms with van der Waals surface area (Å²) in [6, 6.07) is 9.03. The minimum atomic E-state index is -0.550. The maximum atomic E-state index is 12.9. The second-order valence-electron chi connectivity index (χ2n) is 11.0. The van der Waals surface area contributed by atoms with Gasteiger partial charge in [0.25, 0.3) is 5.91 Å². The maximum Gasteiger partial charge on any atom is 0.319 e. The molecule has 4 heterocycles. The highest BCUT2D eigenvalue weighted by molar-refractivity contribution is 6.06. The van der Waals surface area contributed by atoms with Crippen LogP contribution in [0, 0.1) is 6.92 Å². The Hall–Kier alpha value is -4.26. The summed E-state index contributed by atoms with van der Waals surface area (Å²) in [5, 5.41) is 19.2. The largest absolute Gasteiger partial charge is 0.394 e. The van der Waals surface area contributed by atoms with E-state index in [1.54, 1.807) is 29.4 Å². The molecular formula is C30H36N8O4+. The zero-order valence-corrected chi connectivity index (χ0v) is 23.7. The van der Waals surface area contributed by atoms with Gasteiger partial charge < -0.3 is 30.7 Å². The van der Waals surface area contributed by atoms with Gasteiger partial charge in [0.15, 0.2) is 6.20 Å². The Kier molecular flexibility index (Phi) is 7.92. The number of carbonyl (C=O) groups excluding carboxylic acids is 2. The van der Waals surface area contributed by atoms with Crippen LogP contribution in [0.15, 0.2) is 65.8 Å². The highest BCUT2D eigenvalue weighted by Gasteiger charge is 2.37. The van der Waals surface area contributed by atoms with Crippen LogP contribution in [0.25, 0.3) is 0 Å². The summed E-state index contributed by atoms with van der Waals surface area (Å²) in [7, 11) is 0. The Morgan fingerprint density at radius 3 is 2.69 bits per heavy atom. The molecule has 3 amide bonds. The van der Waals surface area contributed by atoms with Gasteiger partial charge in [-0.3, -0.25) is 9.69 Å². The van der Waals surface area contributed by atoms with Gasteiger partial charge in [-0.1, -0.05) is 23.8 Å². The standard InChI is InChI=1S/C30H36N8O4/c1-21-23(34-29(41)35-30(19-39)9-2-3-10-30)5-4-6-25(21)38-18-24(27-31-11-12-37(27)20-38)33-26-8-7-22(17-32-26)28(40)36-13-15-42-16-14-36/h4-8,11-12,17-18,39H,2-3,9-10,13-16,19-20H2,1H3,(H,32,33)(H2,34,35,41)/q+1. The molecule has 4 N–H and O–H groups in total. The van der Waals surface area contributed by atoms with E-state index in [4.69, 9.17) is 4.74 Å². The molecule has 2 aromatic rings. The van der Waals surface area contributed by atoms with E-state index >= 15 is 0 Å². The lowest BCUT2D eigenvalue weighted by Crippen LogP contribution is -2.50. The minimum absolute atomic E-state index is 0.0524. The van der Waals surface area contributed by atoms with E-state index in [0.717, 1.165) is 48.5 Å². The molecule has 219 valence electrons. The number of nitrogens with one attached hydrogen (secondary N) is 3. The number of aliphatic imine (C=N–C) groups is 1. The number of hydrogen-bond acceptors (Lipinski definition) is 9. The molecule has 1 aromatic carbocycles. The topological polar surface area (TPSA) is 137 Å². The van der Waals surface area contributed by atoms with E-state index in [2.05, 4.69) is 30.8 Å². The van der Waals surface area contributed by atoms with Crippen molar-refractivity contribution in [3.63, 3.8) is 0 Å². The first-order valence-electron chi connectivity index (χ1n) is 14.3. The molecule has 6 rings (SSSR count). The maximum absolute atomic E-state index is 12.9. The van der Waals surface area contributed by atoms with Crippen LogP contribution in [0.5, 0.6) is 0 Å². The molecule has 1 saturated carbocycles. The number of anilines is 3. The van der Waals surface area contributed by atoms with Gasteiger partial charge in [0, 0.05) is 31.2 Å². The summed E-state index contributed by atoms with van der Waals surface area (Å²) in [5.74, 6) is 1.30. The Balaban J connectivity index is 1.19. The molecular weight excluding hydrogens is 536 g/mol.